The maximum atomic E-state index is 12.9. The van der Waals surface area contributed by atoms with Gasteiger partial charge < -0.3 is 20.1 Å². The molecule has 0 bridgehead atoms. The Hall–Kier alpha value is -2.05. The van der Waals surface area contributed by atoms with Gasteiger partial charge in [-0.05, 0) is 49.8 Å². The summed E-state index contributed by atoms with van der Waals surface area (Å²) in [6.07, 6.45) is 0. The van der Waals surface area contributed by atoms with Gasteiger partial charge in [-0.15, -0.1) is 11.3 Å². The van der Waals surface area contributed by atoms with Crippen molar-refractivity contribution in [2.24, 2.45) is 0 Å². The van der Waals surface area contributed by atoms with E-state index in [1.165, 1.54) is 28.8 Å². The molecule has 0 amide bonds. The third-order valence-electron chi connectivity index (χ3n) is 4.70. The van der Waals surface area contributed by atoms with Crippen LogP contribution in [0, 0.1) is 13.8 Å². The Morgan fingerprint density at radius 1 is 1.23 bits per heavy atom. The number of nitrogens with one attached hydrogen (secondary N) is 2. The number of anilines is 2. The highest BCUT2D eigenvalue weighted by molar-refractivity contribution is 7.89. The van der Waals surface area contributed by atoms with Gasteiger partial charge in [-0.25, -0.2) is 13.2 Å². The van der Waals surface area contributed by atoms with Crippen molar-refractivity contribution in [3.63, 3.8) is 0 Å². The van der Waals surface area contributed by atoms with E-state index in [2.05, 4.69) is 10.6 Å². The second-order valence-electron chi connectivity index (χ2n) is 6.60. The molecule has 1 fully saturated rings. The molecule has 1 aliphatic heterocycles. The standard InChI is InChI=1S/C19H23N3O5S3/c1-12-13(2)29-17(16(12)18(23)26-3)21-19(28)20-14-5-4-6-15(11-14)30(24,25)22-7-9-27-10-8-22/h4-6,11H,7-10H2,1-3H3,(H2,20,21,28). The zero-order chi connectivity index (χ0) is 21.9. The van der Waals surface area contributed by atoms with Crippen molar-refractivity contribution in [2.45, 2.75) is 18.7 Å². The van der Waals surface area contributed by atoms with Gasteiger partial charge in [0.2, 0.25) is 10.0 Å². The number of benzene rings is 1. The van der Waals surface area contributed by atoms with Crippen molar-refractivity contribution in [3.05, 3.63) is 40.3 Å². The molecule has 0 unspecified atom stereocenters. The van der Waals surface area contributed by atoms with Crippen LogP contribution in [-0.4, -0.2) is 57.2 Å². The molecular weight excluding hydrogens is 446 g/mol. The van der Waals surface area contributed by atoms with Crippen molar-refractivity contribution < 1.29 is 22.7 Å². The fraction of sp³-hybridized carbons (Fsp3) is 0.368. The second-order valence-corrected chi connectivity index (χ2v) is 10.2. The fourth-order valence-electron chi connectivity index (χ4n) is 3.00. The van der Waals surface area contributed by atoms with E-state index in [0.29, 0.717) is 42.6 Å². The Morgan fingerprint density at radius 3 is 2.60 bits per heavy atom. The molecule has 1 aliphatic rings. The topological polar surface area (TPSA) is 97.0 Å². The molecule has 2 N–H and O–H groups in total. The maximum Gasteiger partial charge on any atom is 0.341 e. The van der Waals surface area contributed by atoms with Crippen molar-refractivity contribution in [1.82, 2.24) is 4.31 Å². The quantitative estimate of drug-likeness (QED) is 0.510. The number of sulfonamides is 1. The SMILES string of the molecule is COC(=O)c1c(NC(=S)Nc2cccc(S(=O)(=O)N3CCOCC3)c2)sc(C)c1C. The lowest BCUT2D eigenvalue weighted by Crippen LogP contribution is -2.40. The molecule has 1 aromatic heterocycles. The lowest BCUT2D eigenvalue weighted by molar-refractivity contribution is 0.0601. The fourth-order valence-corrected chi connectivity index (χ4v) is 5.79. The van der Waals surface area contributed by atoms with Gasteiger partial charge in [0.05, 0.1) is 30.8 Å². The highest BCUT2D eigenvalue weighted by atomic mass is 32.2. The number of hydrogen-bond donors (Lipinski definition) is 2. The van der Waals surface area contributed by atoms with Crippen LogP contribution in [0.15, 0.2) is 29.2 Å². The van der Waals surface area contributed by atoms with Gasteiger partial charge in [0.15, 0.2) is 5.11 Å². The predicted molar refractivity (Wildman–Crippen MR) is 121 cm³/mol. The summed E-state index contributed by atoms with van der Waals surface area (Å²) in [4.78, 5) is 13.3. The number of carbonyl (C=O) groups is 1. The lowest BCUT2D eigenvalue weighted by Gasteiger charge is -2.26. The van der Waals surface area contributed by atoms with Crippen LogP contribution in [0.5, 0.6) is 0 Å². The molecule has 0 saturated carbocycles. The van der Waals surface area contributed by atoms with Gasteiger partial charge >= 0.3 is 5.97 Å². The van der Waals surface area contributed by atoms with Gasteiger partial charge in [0.25, 0.3) is 0 Å². The molecular formula is C19H23N3O5S3. The first-order valence-corrected chi connectivity index (χ1v) is 11.8. The van der Waals surface area contributed by atoms with E-state index >= 15 is 0 Å². The minimum absolute atomic E-state index is 0.176. The second kappa shape index (κ2) is 9.40. The summed E-state index contributed by atoms with van der Waals surface area (Å²) in [6, 6.07) is 6.45. The third-order valence-corrected chi connectivity index (χ3v) is 7.92. The van der Waals surface area contributed by atoms with Gasteiger partial charge in [0.1, 0.15) is 5.00 Å². The number of thiophene rings is 1. The van der Waals surface area contributed by atoms with E-state index < -0.39 is 16.0 Å². The number of aryl methyl sites for hydroxylation is 1. The first-order valence-electron chi connectivity index (χ1n) is 9.18. The van der Waals surface area contributed by atoms with Gasteiger partial charge in [0, 0.05) is 23.7 Å². The summed E-state index contributed by atoms with van der Waals surface area (Å²) in [6.45, 7) is 5.18. The number of hydrogen-bond acceptors (Lipinski definition) is 7. The van der Waals surface area contributed by atoms with Crippen molar-refractivity contribution in [3.8, 4) is 0 Å². The van der Waals surface area contributed by atoms with E-state index in [1.54, 1.807) is 18.2 Å². The summed E-state index contributed by atoms with van der Waals surface area (Å²) in [7, 11) is -2.28. The van der Waals surface area contributed by atoms with Crippen molar-refractivity contribution >= 4 is 55.3 Å². The minimum atomic E-state index is -3.61. The molecule has 162 valence electrons. The highest BCUT2D eigenvalue weighted by Gasteiger charge is 2.26. The molecule has 1 saturated heterocycles. The molecule has 0 atom stereocenters. The molecule has 2 heterocycles. The highest BCUT2D eigenvalue weighted by Crippen LogP contribution is 2.33. The van der Waals surface area contributed by atoms with Crippen molar-refractivity contribution in [1.29, 1.82) is 0 Å². The number of methoxy groups -OCH3 is 1. The Kier molecular flexibility index (Phi) is 7.09. The summed E-state index contributed by atoms with van der Waals surface area (Å²) >= 11 is 6.77. The number of rotatable bonds is 5. The lowest BCUT2D eigenvalue weighted by atomic mass is 10.1. The molecule has 1 aromatic carbocycles. The number of thiocarbonyl (C=S) groups is 1. The van der Waals surface area contributed by atoms with Crippen LogP contribution in [0.1, 0.15) is 20.8 Å². The average molecular weight is 470 g/mol. The zero-order valence-electron chi connectivity index (χ0n) is 16.9. The zero-order valence-corrected chi connectivity index (χ0v) is 19.3. The van der Waals surface area contributed by atoms with E-state index in [4.69, 9.17) is 21.7 Å². The van der Waals surface area contributed by atoms with E-state index in [9.17, 15) is 13.2 Å². The Bertz CT molecular complexity index is 1060. The van der Waals surface area contributed by atoms with E-state index in [-0.39, 0.29) is 10.0 Å². The normalized spacial score (nSPS) is 14.9. The molecule has 8 nitrogen and oxygen atoms in total. The number of esters is 1. The summed E-state index contributed by atoms with van der Waals surface area (Å²) in [5.41, 5.74) is 1.79. The average Bonchev–Trinajstić information content (AvgIpc) is 3.01. The molecule has 0 radical (unpaired) electrons. The minimum Gasteiger partial charge on any atom is -0.465 e. The van der Waals surface area contributed by atoms with Crippen LogP contribution in [-0.2, 0) is 19.5 Å². The predicted octanol–water partition coefficient (Wildman–Crippen LogP) is 2.98. The van der Waals surface area contributed by atoms with E-state index in [0.717, 1.165) is 10.4 Å². The molecule has 30 heavy (non-hydrogen) atoms. The molecule has 0 aliphatic carbocycles. The van der Waals surface area contributed by atoms with Crippen LogP contribution >= 0.6 is 23.6 Å². The largest absolute Gasteiger partial charge is 0.465 e. The summed E-state index contributed by atoms with van der Waals surface area (Å²) in [5.74, 6) is -0.444. The molecule has 3 rings (SSSR count). The van der Waals surface area contributed by atoms with Crippen LogP contribution in [0.4, 0.5) is 10.7 Å². The number of ether oxygens (including phenoxy) is 2. The van der Waals surface area contributed by atoms with Gasteiger partial charge in [-0.1, -0.05) is 6.07 Å². The number of nitrogens with zero attached hydrogens (tertiary/aromatic N) is 1. The van der Waals surface area contributed by atoms with Crippen LogP contribution in [0.3, 0.4) is 0 Å². The van der Waals surface area contributed by atoms with Crippen molar-refractivity contribution in [2.75, 3.05) is 44.0 Å². The van der Waals surface area contributed by atoms with Crippen LogP contribution in [0.2, 0.25) is 0 Å². The molecule has 0 spiro atoms. The Balaban J connectivity index is 1.76. The molecule has 2 aromatic rings. The monoisotopic (exact) mass is 469 g/mol. The van der Waals surface area contributed by atoms with E-state index in [1.807, 2.05) is 13.8 Å². The summed E-state index contributed by atoms with van der Waals surface area (Å²) in [5, 5.41) is 6.82. The maximum absolute atomic E-state index is 12.9. The van der Waals surface area contributed by atoms with Gasteiger partial charge in [-0.3, -0.25) is 0 Å². The van der Waals surface area contributed by atoms with Gasteiger partial charge in [-0.2, -0.15) is 4.31 Å². The number of morpholine rings is 1. The summed E-state index contributed by atoms with van der Waals surface area (Å²) < 4.78 is 37.2. The first-order chi connectivity index (χ1) is 14.2. The van der Waals surface area contributed by atoms with Crippen LogP contribution < -0.4 is 10.6 Å². The smallest absolute Gasteiger partial charge is 0.341 e. The third kappa shape index (κ3) is 4.81. The first kappa shape index (κ1) is 22.6. The van der Waals surface area contributed by atoms with Crippen LogP contribution in [0.25, 0.3) is 0 Å². The Morgan fingerprint density at radius 2 is 1.93 bits per heavy atom. The Labute approximate surface area is 185 Å². The molecule has 11 heteroatoms. The number of carbonyl (C=O) groups excluding carboxylic acids is 1.